The van der Waals surface area contributed by atoms with Crippen molar-refractivity contribution < 1.29 is 4.79 Å². The molecule has 0 saturated carbocycles. The fourth-order valence-electron chi connectivity index (χ4n) is 1.96. The third kappa shape index (κ3) is 3.84. The van der Waals surface area contributed by atoms with Gasteiger partial charge in [-0.25, -0.2) is 0 Å². The number of halogens is 1. The van der Waals surface area contributed by atoms with Crippen molar-refractivity contribution in [3.63, 3.8) is 0 Å². The summed E-state index contributed by atoms with van der Waals surface area (Å²) in [4.78, 5) is 11.5. The van der Waals surface area contributed by atoms with Crippen molar-refractivity contribution in [3.05, 3.63) is 17.5 Å². The molecule has 17 heavy (non-hydrogen) atoms. The minimum atomic E-state index is 0.0270. The summed E-state index contributed by atoms with van der Waals surface area (Å²) in [6, 6.07) is 2.10. The van der Waals surface area contributed by atoms with Gasteiger partial charge < -0.3 is 0 Å². The Labute approximate surface area is 108 Å². The highest BCUT2D eigenvalue weighted by Gasteiger charge is 2.17. The molecule has 0 aromatic carbocycles. The van der Waals surface area contributed by atoms with Gasteiger partial charge in [-0.2, -0.15) is 5.10 Å². The third-order valence-corrected chi connectivity index (χ3v) is 3.28. The van der Waals surface area contributed by atoms with Crippen LogP contribution in [0, 0.1) is 5.92 Å². The van der Waals surface area contributed by atoms with Gasteiger partial charge in [-0.05, 0) is 39.2 Å². The van der Waals surface area contributed by atoms with Crippen molar-refractivity contribution in [1.29, 1.82) is 0 Å². The van der Waals surface area contributed by atoms with Crippen LogP contribution in [0.1, 0.15) is 38.6 Å². The number of alkyl halides is 1. The summed E-state index contributed by atoms with van der Waals surface area (Å²) in [7, 11) is 0. The van der Waals surface area contributed by atoms with Crippen LogP contribution in [0.15, 0.2) is 6.07 Å². The summed E-state index contributed by atoms with van der Waals surface area (Å²) >= 11 is 5.74. The maximum Gasteiger partial charge on any atom is 0.133 e. The van der Waals surface area contributed by atoms with Gasteiger partial charge >= 0.3 is 0 Å². The lowest BCUT2D eigenvalue weighted by molar-refractivity contribution is -0.120. The summed E-state index contributed by atoms with van der Waals surface area (Å²) in [6.07, 6.45) is 2.43. The molecule has 0 fully saturated rings. The van der Waals surface area contributed by atoms with Crippen LogP contribution in [-0.4, -0.2) is 21.4 Å². The van der Waals surface area contributed by atoms with Crippen molar-refractivity contribution in [1.82, 2.24) is 9.78 Å². The van der Waals surface area contributed by atoms with E-state index in [9.17, 15) is 4.79 Å². The normalized spacial score (nSPS) is 12.7. The molecule has 4 heteroatoms. The summed E-state index contributed by atoms with van der Waals surface area (Å²) in [5, 5.41) is 4.49. The average Bonchev–Trinajstić information content (AvgIpc) is 2.70. The van der Waals surface area contributed by atoms with E-state index in [-0.39, 0.29) is 11.7 Å². The Morgan fingerprint density at radius 2 is 2.24 bits per heavy atom. The molecule has 0 saturated heterocycles. The number of aromatic nitrogens is 2. The zero-order chi connectivity index (χ0) is 12.8. The summed E-state index contributed by atoms with van der Waals surface area (Å²) in [5.41, 5.74) is 2.24. The van der Waals surface area contributed by atoms with Crippen LogP contribution in [0.5, 0.6) is 0 Å². The van der Waals surface area contributed by atoms with Gasteiger partial charge in [0.1, 0.15) is 5.78 Å². The van der Waals surface area contributed by atoms with Crippen LogP contribution < -0.4 is 0 Å². The molecule has 1 heterocycles. The maximum atomic E-state index is 11.5. The van der Waals surface area contributed by atoms with Gasteiger partial charge in [0.05, 0.1) is 5.69 Å². The van der Waals surface area contributed by atoms with Gasteiger partial charge in [0, 0.05) is 24.0 Å². The predicted molar refractivity (Wildman–Crippen MR) is 70.5 cm³/mol. The summed E-state index contributed by atoms with van der Waals surface area (Å²) in [5.74, 6) is 0.775. The highest BCUT2D eigenvalue weighted by molar-refractivity contribution is 6.18. The van der Waals surface area contributed by atoms with Crippen molar-refractivity contribution in [2.75, 3.05) is 5.88 Å². The van der Waals surface area contributed by atoms with Crippen LogP contribution in [0.4, 0.5) is 0 Å². The van der Waals surface area contributed by atoms with Crippen LogP contribution in [-0.2, 0) is 24.2 Å². The number of ketones is 1. The number of nitrogens with zero attached hydrogens (tertiary/aromatic N) is 2. The summed E-state index contributed by atoms with van der Waals surface area (Å²) < 4.78 is 1.99. The van der Waals surface area contributed by atoms with Gasteiger partial charge in [-0.3, -0.25) is 9.48 Å². The van der Waals surface area contributed by atoms with Crippen molar-refractivity contribution in [2.24, 2.45) is 5.92 Å². The molecule has 1 atom stereocenters. The van der Waals surface area contributed by atoms with E-state index in [0.29, 0.717) is 5.88 Å². The molecule has 0 aliphatic heterocycles. The molecule has 1 unspecified atom stereocenters. The number of hydrogen-bond donors (Lipinski definition) is 0. The van der Waals surface area contributed by atoms with E-state index in [1.165, 1.54) is 0 Å². The van der Waals surface area contributed by atoms with Gasteiger partial charge in [-0.1, -0.05) is 6.92 Å². The molecular formula is C13H21ClN2O. The summed E-state index contributed by atoms with van der Waals surface area (Å²) in [6.45, 7) is 6.65. The Kier molecular flexibility index (Phi) is 5.69. The van der Waals surface area contributed by atoms with E-state index in [0.717, 1.165) is 37.2 Å². The first kappa shape index (κ1) is 14.2. The van der Waals surface area contributed by atoms with E-state index in [1.807, 2.05) is 4.68 Å². The molecule has 1 aromatic rings. The first-order chi connectivity index (χ1) is 8.12. The monoisotopic (exact) mass is 256 g/mol. The zero-order valence-corrected chi connectivity index (χ0v) is 11.6. The average molecular weight is 257 g/mol. The van der Waals surface area contributed by atoms with Crippen LogP contribution in [0.25, 0.3) is 0 Å². The van der Waals surface area contributed by atoms with E-state index in [2.05, 4.69) is 25.0 Å². The first-order valence-electron chi connectivity index (χ1n) is 6.24. The molecule has 0 aliphatic rings. The Morgan fingerprint density at radius 3 is 2.71 bits per heavy atom. The molecule has 0 N–H and O–H groups in total. The highest BCUT2D eigenvalue weighted by atomic mass is 35.5. The van der Waals surface area contributed by atoms with Crippen LogP contribution in [0.3, 0.4) is 0 Å². The van der Waals surface area contributed by atoms with E-state index >= 15 is 0 Å². The Hall–Kier alpha value is -0.830. The van der Waals surface area contributed by atoms with E-state index < -0.39 is 0 Å². The standard InChI is InChI=1S/C13H21ClN2O/c1-4-12-9-13(16(5-2)15-12)8-11(6-7-14)10(3)17/h9,11H,4-8H2,1-3H3. The second-order valence-corrected chi connectivity index (χ2v) is 4.66. The topological polar surface area (TPSA) is 34.9 Å². The minimum Gasteiger partial charge on any atom is -0.300 e. The van der Waals surface area contributed by atoms with E-state index in [1.54, 1.807) is 6.92 Å². The minimum absolute atomic E-state index is 0.0270. The second-order valence-electron chi connectivity index (χ2n) is 4.29. The highest BCUT2D eigenvalue weighted by Crippen LogP contribution is 2.16. The molecule has 0 radical (unpaired) electrons. The van der Waals surface area contributed by atoms with Crippen LogP contribution in [0.2, 0.25) is 0 Å². The number of hydrogen-bond acceptors (Lipinski definition) is 2. The van der Waals surface area contributed by atoms with Gasteiger partial charge in [0.25, 0.3) is 0 Å². The molecule has 0 bridgehead atoms. The zero-order valence-electron chi connectivity index (χ0n) is 10.9. The molecule has 1 rings (SSSR count). The number of rotatable bonds is 7. The van der Waals surface area contributed by atoms with Gasteiger partial charge in [0.15, 0.2) is 0 Å². The molecule has 0 aliphatic carbocycles. The van der Waals surface area contributed by atoms with Crippen molar-refractivity contribution in [2.45, 2.75) is 46.6 Å². The molecule has 0 spiro atoms. The first-order valence-corrected chi connectivity index (χ1v) is 6.77. The number of carbonyl (C=O) groups excluding carboxylic acids is 1. The van der Waals surface area contributed by atoms with Crippen molar-refractivity contribution >= 4 is 17.4 Å². The predicted octanol–water partition coefficient (Wildman–Crippen LogP) is 2.84. The Bertz CT molecular complexity index is 373. The lowest BCUT2D eigenvalue weighted by atomic mass is 9.96. The number of Topliss-reactive ketones (excluding diaryl/α,β-unsaturated/α-hetero) is 1. The molecule has 0 amide bonds. The largest absolute Gasteiger partial charge is 0.300 e. The fourth-order valence-corrected chi connectivity index (χ4v) is 2.22. The molecule has 1 aromatic heterocycles. The second kappa shape index (κ2) is 6.80. The smallest absolute Gasteiger partial charge is 0.133 e. The number of aryl methyl sites for hydroxylation is 2. The van der Waals surface area contributed by atoms with Gasteiger partial charge in [0.2, 0.25) is 0 Å². The molecule has 96 valence electrons. The fraction of sp³-hybridized carbons (Fsp3) is 0.692. The molecule has 3 nitrogen and oxygen atoms in total. The Morgan fingerprint density at radius 1 is 1.53 bits per heavy atom. The third-order valence-electron chi connectivity index (χ3n) is 3.06. The quantitative estimate of drug-likeness (QED) is 0.703. The lowest BCUT2D eigenvalue weighted by Gasteiger charge is -2.12. The maximum absolute atomic E-state index is 11.5. The van der Waals surface area contributed by atoms with Crippen molar-refractivity contribution in [3.8, 4) is 0 Å². The molecular weight excluding hydrogens is 236 g/mol. The lowest BCUT2D eigenvalue weighted by Crippen LogP contribution is -2.17. The van der Waals surface area contributed by atoms with E-state index in [4.69, 9.17) is 11.6 Å². The Balaban J connectivity index is 2.83. The van der Waals surface area contributed by atoms with Crippen LogP contribution >= 0.6 is 11.6 Å². The SMILES string of the molecule is CCc1cc(CC(CCCl)C(C)=O)n(CC)n1. The number of carbonyl (C=O) groups is 1. The van der Waals surface area contributed by atoms with Gasteiger partial charge in [-0.15, -0.1) is 11.6 Å².